The maximum absolute atomic E-state index is 9.53. The maximum atomic E-state index is 9.53. The number of aliphatic carboxylic acids is 2. The number of carboxylic acids is 2. The van der Waals surface area contributed by atoms with Crippen molar-refractivity contribution < 1.29 is 24.7 Å². The van der Waals surface area contributed by atoms with Crippen LogP contribution in [0, 0.1) is 0 Å². The molecule has 22 heavy (non-hydrogen) atoms. The molecule has 0 amide bonds. The van der Waals surface area contributed by atoms with Gasteiger partial charge in [0.05, 0.1) is 30.5 Å². The molecule has 1 fully saturated rings. The van der Waals surface area contributed by atoms with Gasteiger partial charge in [0.25, 0.3) is 0 Å². The highest BCUT2D eigenvalue weighted by Gasteiger charge is 2.25. The lowest BCUT2D eigenvalue weighted by Crippen LogP contribution is -3.13. The summed E-state index contributed by atoms with van der Waals surface area (Å²) < 4.78 is 0. The van der Waals surface area contributed by atoms with Crippen LogP contribution in [0.25, 0.3) is 0 Å². The lowest BCUT2D eigenvalue weighted by molar-refractivity contribution is -0.934. The van der Waals surface area contributed by atoms with E-state index in [1.165, 1.54) is 37.2 Å². The summed E-state index contributed by atoms with van der Waals surface area (Å²) in [6, 6.07) is 4.91. The molecule has 0 aliphatic carbocycles. The predicted octanol–water partition coefficient (Wildman–Crippen LogP) is -0.806. The zero-order valence-electron chi connectivity index (χ0n) is 12.4. The SMILES string of the molecule is NCC(c1cccs1)[NH+]1CCCCC1.O=C([O-])/C=C\C(=O)O. The van der Waals surface area contributed by atoms with E-state index < -0.39 is 11.9 Å². The van der Waals surface area contributed by atoms with Crippen molar-refractivity contribution in [2.75, 3.05) is 19.6 Å². The Labute approximate surface area is 133 Å². The smallest absolute Gasteiger partial charge is 0.328 e. The zero-order chi connectivity index (χ0) is 16.4. The van der Waals surface area contributed by atoms with Crippen molar-refractivity contribution in [1.82, 2.24) is 0 Å². The molecule has 4 N–H and O–H groups in total. The second-order valence-corrected chi connectivity index (χ2v) is 5.99. The van der Waals surface area contributed by atoms with E-state index in [4.69, 9.17) is 10.8 Å². The number of nitrogens with one attached hydrogen (secondary N) is 1. The van der Waals surface area contributed by atoms with E-state index in [1.807, 2.05) is 11.3 Å². The summed E-state index contributed by atoms with van der Waals surface area (Å²) in [6.07, 6.45) is 5.09. The number of nitrogens with two attached hydrogens (primary N) is 1. The summed E-state index contributed by atoms with van der Waals surface area (Å²) in [5.41, 5.74) is 5.88. The van der Waals surface area contributed by atoms with Crippen LogP contribution in [0.5, 0.6) is 0 Å². The summed E-state index contributed by atoms with van der Waals surface area (Å²) in [5, 5.41) is 19.4. The fourth-order valence-electron chi connectivity index (χ4n) is 2.47. The number of carbonyl (C=O) groups excluding carboxylic acids is 1. The Hall–Kier alpha value is -1.70. The van der Waals surface area contributed by atoms with Gasteiger partial charge in [-0.05, 0) is 36.8 Å². The first-order valence-electron chi connectivity index (χ1n) is 7.24. The molecule has 0 saturated carbocycles. The number of rotatable bonds is 5. The van der Waals surface area contributed by atoms with Crippen molar-refractivity contribution in [3.63, 3.8) is 0 Å². The van der Waals surface area contributed by atoms with Crippen molar-refractivity contribution in [2.24, 2.45) is 5.73 Å². The highest BCUT2D eigenvalue weighted by atomic mass is 32.1. The van der Waals surface area contributed by atoms with E-state index in [-0.39, 0.29) is 0 Å². The van der Waals surface area contributed by atoms with E-state index in [9.17, 15) is 14.7 Å². The van der Waals surface area contributed by atoms with Crippen LogP contribution >= 0.6 is 11.3 Å². The second kappa shape index (κ2) is 10.1. The van der Waals surface area contributed by atoms with Gasteiger partial charge in [-0.3, -0.25) is 0 Å². The van der Waals surface area contributed by atoms with Crippen LogP contribution in [0.1, 0.15) is 30.2 Å². The molecule has 7 heteroatoms. The van der Waals surface area contributed by atoms with Crippen molar-refractivity contribution in [2.45, 2.75) is 25.3 Å². The second-order valence-electron chi connectivity index (χ2n) is 5.01. The minimum Gasteiger partial charge on any atom is -0.545 e. The fraction of sp³-hybridized carbons (Fsp3) is 0.467. The van der Waals surface area contributed by atoms with E-state index in [0.717, 1.165) is 6.54 Å². The predicted molar refractivity (Wildman–Crippen MR) is 82.4 cm³/mol. The topological polar surface area (TPSA) is 108 Å². The first-order valence-corrected chi connectivity index (χ1v) is 8.12. The normalized spacial score (nSPS) is 16.8. The molecule has 1 unspecified atom stereocenters. The molecular formula is C15H22N2O4S. The van der Waals surface area contributed by atoms with Crippen LogP contribution in [0.4, 0.5) is 0 Å². The first-order chi connectivity index (χ1) is 10.5. The van der Waals surface area contributed by atoms with Crippen LogP contribution < -0.4 is 15.7 Å². The molecule has 0 bridgehead atoms. The third kappa shape index (κ3) is 6.84. The Balaban J connectivity index is 0.000000261. The standard InChI is InChI=1S/C11H18N2S.C4H4O4/c12-9-10(11-5-4-8-14-11)13-6-2-1-3-7-13;5-3(6)1-2-4(7)8/h4-5,8,10H,1-3,6-7,9,12H2;1-2H,(H,5,6)(H,7,8)/b;2-1-. The molecule has 2 rings (SSSR count). The lowest BCUT2D eigenvalue weighted by Gasteiger charge is -2.30. The molecule has 2 heterocycles. The van der Waals surface area contributed by atoms with Crippen molar-refractivity contribution in [1.29, 1.82) is 0 Å². The number of carboxylic acid groups (broad SMARTS) is 2. The Morgan fingerprint density at radius 3 is 2.45 bits per heavy atom. The van der Waals surface area contributed by atoms with Crippen LogP contribution in [0.3, 0.4) is 0 Å². The highest BCUT2D eigenvalue weighted by molar-refractivity contribution is 7.10. The van der Waals surface area contributed by atoms with Gasteiger partial charge in [-0.25, -0.2) is 4.79 Å². The third-order valence-corrected chi connectivity index (χ3v) is 4.46. The molecule has 0 aromatic carbocycles. The molecule has 1 atom stereocenters. The van der Waals surface area contributed by atoms with Crippen LogP contribution in [0.15, 0.2) is 29.7 Å². The molecule has 1 aromatic rings. The minimum absolute atomic E-state index is 0.447. The van der Waals surface area contributed by atoms with Gasteiger partial charge >= 0.3 is 5.97 Å². The summed E-state index contributed by atoms with van der Waals surface area (Å²) in [4.78, 5) is 22.1. The Morgan fingerprint density at radius 1 is 1.36 bits per heavy atom. The van der Waals surface area contributed by atoms with Crippen molar-refractivity contribution in [3.8, 4) is 0 Å². The molecule has 1 aromatic heterocycles. The number of likely N-dealkylation sites (tertiary alicyclic amines) is 1. The van der Waals surface area contributed by atoms with Gasteiger partial charge in [0.2, 0.25) is 0 Å². The fourth-order valence-corrected chi connectivity index (χ4v) is 3.37. The van der Waals surface area contributed by atoms with Gasteiger partial charge in [-0.15, -0.1) is 11.3 Å². The van der Waals surface area contributed by atoms with E-state index >= 15 is 0 Å². The largest absolute Gasteiger partial charge is 0.545 e. The molecule has 6 nitrogen and oxygen atoms in total. The average Bonchev–Trinajstić information content (AvgIpc) is 3.02. The molecule has 0 spiro atoms. The number of thiophene rings is 1. The van der Waals surface area contributed by atoms with Gasteiger partial charge in [0, 0.05) is 6.08 Å². The van der Waals surface area contributed by atoms with Crippen molar-refractivity contribution in [3.05, 3.63) is 34.5 Å². The summed E-state index contributed by atoms with van der Waals surface area (Å²) in [6.45, 7) is 3.40. The number of hydrogen-bond acceptors (Lipinski definition) is 5. The summed E-state index contributed by atoms with van der Waals surface area (Å²) >= 11 is 1.85. The number of hydrogen-bond donors (Lipinski definition) is 3. The first kappa shape index (κ1) is 18.3. The van der Waals surface area contributed by atoms with E-state index in [1.54, 1.807) is 4.90 Å². The summed E-state index contributed by atoms with van der Waals surface area (Å²) in [5.74, 6) is -2.80. The van der Waals surface area contributed by atoms with Gasteiger partial charge in [-0.2, -0.15) is 0 Å². The Bertz CT molecular complexity index is 466. The van der Waals surface area contributed by atoms with Gasteiger partial charge < -0.3 is 25.6 Å². The van der Waals surface area contributed by atoms with Crippen LogP contribution in [-0.2, 0) is 9.59 Å². The molecule has 1 aliphatic rings. The molecule has 1 aliphatic heterocycles. The molecule has 1 saturated heterocycles. The molecular weight excluding hydrogens is 304 g/mol. The Kier molecular flexibility index (Phi) is 8.42. The Morgan fingerprint density at radius 2 is 2.05 bits per heavy atom. The number of carbonyl (C=O) groups is 2. The average molecular weight is 326 g/mol. The van der Waals surface area contributed by atoms with Gasteiger partial charge in [-0.1, -0.05) is 6.07 Å². The number of quaternary nitrogens is 1. The minimum atomic E-state index is -1.51. The van der Waals surface area contributed by atoms with E-state index in [2.05, 4.69) is 17.5 Å². The maximum Gasteiger partial charge on any atom is 0.328 e. The monoisotopic (exact) mass is 326 g/mol. The quantitative estimate of drug-likeness (QED) is 0.614. The zero-order valence-corrected chi connectivity index (χ0v) is 13.2. The number of piperidine rings is 1. The van der Waals surface area contributed by atoms with Crippen molar-refractivity contribution >= 4 is 23.3 Å². The van der Waals surface area contributed by atoms with E-state index in [0.29, 0.717) is 18.2 Å². The molecule has 122 valence electrons. The van der Waals surface area contributed by atoms with Crippen LogP contribution in [-0.4, -0.2) is 36.7 Å². The molecule has 0 radical (unpaired) electrons. The highest BCUT2D eigenvalue weighted by Crippen LogP contribution is 2.16. The third-order valence-electron chi connectivity index (χ3n) is 3.47. The lowest BCUT2D eigenvalue weighted by atomic mass is 10.1. The van der Waals surface area contributed by atoms with Crippen LogP contribution in [0.2, 0.25) is 0 Å². The van der Waals surface area contributed by atoms with Gasteiger partial charge in [0.1, 0.15) is 6.04 Å². The summed E-state index contributed by atoms with van der Waals surface area (Å²) in [7, 11) is 0. The van der Waals surface area contributed by atoms with Gasteiger partial charge in [0.15, 0.2) is 0 Å².